The first-order valence-corrected chi connectivity index (χ1v) is 6.02. The third kappa shape index (κ3) is 2.26. The fourth-order valence-electron chi connectivity index (χ4n) is 2.43. The van der Waals surface area contributed by atoms with Crippen LogP contribution in [0.2, 0.25) is 0 Å². The van der Waals surface area contributed by atoms with Gasteiger partial charge >= 0.3 is 0 Å². The lowest BCUT2D eigenvalue weighted by Gasteiger charge is -2.22. The molecule has 2 rings (SSSR count). The highest BCUT2D eigenvalue weighted by atomic mass is 16.2. The Morgan fingerprint density at radius 3 is 2.69 bits per heavy atom. The molecule has 0 aromatic rings. The Balaban J connectivity index is 1.87. The molecule has 90 valence electrons. The summed E-state index contributed by atoms with van der Waals surface area (Å²) in [6.07, 6.45) is 2.99. The molecular weight excluding hydrogens is 204 g/mol. The Morgan fingerprint density at radius 2 is 2.12 bits per heavy atom. The highest BCUT2D eigenvalue weighted by Gasteiger charge is 2.41. The summed E-state index contributed by atoms with van der Waals surface area (Å²) in [4.78, 5) is 25.5. The Labute approximate surface area is 96.4 Å². The van der Waals surface area contributed by atoms with Gasteiger partial charge in [-0.1, -0.05) is 0 Å². The van der Waals surface area contributed by atoms with E-state index in [1.807, 2.05) is 6.92 Å². The zero-order valence-electron chi connectivity index (χ0n) is 10.1. The molecule has 1 atom stereocenters. The molecule has 1 saturated carbocycles. The van der Waals surface area contributed by atoms with E-state index in [9.17, 15) is 9.59 Å². The lowest BCUT2D eigenvalue weighted by Crippen LogP contribution is -2.40. The minimum atomic E-state index is -0.307. The van der Waals surface area contributed by atoms with Gasteiger partial charge in [0.05, 0.1) is 12.0 Å². The van der Waals surface area contributed by atoms with E-state index >= 15 is 0 Å². The fourth-order valence-corrected chi connectivity index (χ4v) is 2.43. The molecule has 0 aromatic carbocycles. The van der Waals surface area contributed by atoms with E-state index in [1.54, 1.807) is 7.05 Å². The van der Waals surface area contributed by atoms with Crippen molar-refractivity contribution in [2.75, 3.05) is 26.7 Å². The maximum absolute atomic E-state index is 11.7. The average molecular weight is 224 g/mol. The van der Waals surface area contributed by atoms with Crippen molar-refractivity contribution >= 4 is 11.7 Å². The standard InChI is InChI=1S/C12H20N2O2/c1-12(11(16)13-2)5-6-14(8-12)7-10(15)9-3-4-9/h9H,3-8H2,1-2H3,(H,13,16). The molecule has 0 bridgehead atoms. The minimum absolute atomic E-state index is 0.0915. The van der Waals surface area contributed by atoms with Crippen molar-refractivity contribution < 1.29 is 9.59 Å². The van der Waals surface area contributed by atoms with Gasteiger partial charge in [-0.25, -0.2) is 0 Å². The number of nitrogens with one attached hydrogen (secondary N) is 1. The Kier molecular flexibility index (Phi) is 3.02. The van der Waals surface area contributed by atoms with Gasteiger partial charge in [0.1, 0.15) is 5.78 Å². The van der Waals surface area contributed by atoms with Gasteiger partial charge in [0.15, 0.2) is 0 Å². The predicted octanol–water partition coefficient (Wildman–Crippen LogP) is 0.423. The first-order valence-electron chi connectivity index (χ1n) is 6.02. The largest absolute Gasteiger partial charge is 0.359 e. The van der Waals surface area contributed by atoms with Crippen LogP contribution >= 0.6 is 0 Å². The van der Waals surface area contributed by atoms with Crippen molar-refractivity contribution in [3.8, 4) is 0 Å². The number of rotatable bonds is 4. The zero-order valence-corrected chi connectivity index (χ0v) is 10.1. The van der Waals surface area contributed by atoms with Crippen LogP contribution in [0.25, 0.3) is 0 Å². The second kappa shape index (κ2) is 4.17. The summed E-state index contributed by atoms with van der Waals surface area (Å²) < 4.78 is 0. The monoisotopic (exact) mass is 224 g/mol. The van der Waals surface area contributed by atoms with E-state index in [0.29, 0.717) is 24.8 Å². The summed E-state index contributed by atoms with van der Waals surface area (Å²) in [5, 5.41) is 2.71. The van der Waals surface area contributed by atoms with E-state index in [-0.39, 0.29) is 11.3 Å². The highest BCUT2D eigenvalue weighted by Crippen LogP contribution is 2.33. The fraction of sp³-hybridized carbons (Fsp3) is 0.833. The number of nitrogens with zero attached hydrogens (tertiary/aromatic N) is 1. The van der Waals surface area contributed by atoms with Gasteiger partial charge < -0.3 is 5.32 Å². The molecule has 4 nitrogen and oxygen atoms in total. The van der Waals surface area contributed by atoms with Crippen molar-refractivity contribution in [1.82, 2.24) is 10.2 Å². The quantitative estimate of drug-likeness (QED) is 0.753. The van der Waals surface area contributed by atoms with Crippen LogP contribution in [-0.4, -0.2) is 43.3 Å². The van der Waals surface area contributed by atoms with E-state index in [0.717, 1.165) is 25.8 Å². The maximum atomic E-state index is 11.7. The van der Waals surface area contributed by atoms with Gasteiger partial charge in [0.25, 0.3) is 0 Å². The summed E-state index contributed by atoms with van der Waals surface area (Å²) in [6.45, 7) is 4.10. The summed E-state index contributed by atoms with van der Waals surface area (Å²) >= 11 is 0. The topological polar surface area (TPSA) is 49.4 Å². The molecule has 1 aliphatic heterocycles. The van der Waals surface area contributed by atoms with Crippen LogP contribution in [0, 0.1) is 11.3 Å². The number of likely N-dealkylation sites (tertiary alicyclic amines) is 1. The molecule has 16 heavy (non-hydrogen) atoms. The number of hydrogen-bond donors (Lipinski definition) is 1. The lowest BCUT2D eigenvalue weighted by atomic mass is 9.89. The number of amides is 1. The van der Waals surface area contributed by atoms with Crippen LogP contribution in [-0.2, 0) is 9.59 Å². The highest BCUT2D eigenvalue weighted by molar-refractivity contribution is 5.85. The van der Waals surface area contributed by atoms with Gasteiger partial charge in [0.2, 0.25) is 5.91 Å². The smallest absolute Gasteiger partial charge is 0.227 e. The lowest BCUT2D eigenvalue weighted by molar-refractivity contribution is -0.129. The summed E-state index contributed by atoms with van der Waals surface area (Å²) in [5.41, 5.74) is -0.307. The van der Waals surface area contributed by atoms with Crippen LogP contribution in [0.3, 0.4) is 0 Å². The van der Waals surface area contributed by atoms with Gasteiger partial charge in [-0.15, -0.1) is 0 Å². The molecule has 0 spiro atoms. The molecule has 0 radical (unpaired) electrons. The van der Waals surface area contributed by atoms with Gasteiger partial charge in [-0.2, -0.15) is 0 Å². The van der Waals surface area contributed by atoms with E-state index in [2.05, 4.69) is 10.2 Å². The number of hydrogen-bond acceptors (Lipinski definition) is 3. The molecule has 2 fully saturated rings. The van der Waals surface area contributed by atoms with E-state index in [1.165, 1.54) is 0 Å². The van der Waals surface area contributed by atoms with Crippen molar-refractivity contribution in [3.05, 3.63) is 0 Å². The molecule has 2 aliphatic rings. The van der Waals surface area contributed by atoms with Gasteiger partial charge in [-0.3, -0.25) is 14.5 Å². The van der Waals surface area contributed by atoms with Crippen LogP contribution in [0.15, 0.2) is 0 Å². The third-order valence-corrected chi connectivity index (χ3v) is 3.74. The Hall–Kier alpha value is -0.900. The molecule has 1 amide bonds. The first-order chi connectivity index (χ1) is 7.55. The molecule has 1 unspecified atom stereocenters. The van der Waals surface area contributed by atoms with Crippen molar-refractivity contribution in [1.29, 1.82) is 0 Å². The number of carbonyl (C=O) groups excluding carboxylic acids is 2. The predicted molar refractivity (Wildman–Crippen MR) is 61.0 cm³/mol. The molecule has 0 aromatic heterocycles. The zero-order chi connectivity index (χ0) is 11.8. The summed E-state index contributed by atoms with van der Waals surface area (Å²) in [6, 6.07) is 0. The Bertz CT molecular complexity index is 312. The average Bonchev–Trinajstić information content (AvgIpc) is 3.04. The molecular formula is C12H20N2O2. The van der Waals surface area contributed by atoms with Crippen LogP contribution in [0.5, 0.6) is 0 Å². The normalized spacial score (nSPS) is 30.4. The number of ketones is 1. The van der Waals surface area contributed by atoms with Crippen LogP contribution in [0.4, 0.5) is 0 Å². The molecule has 1 saturated heterocycles. The number of carbonyl (C=O) groups is 2. The second-order valence-electron chi connectivity index (χ2n) is 5.34. The van der Waals surface area contributed by atoms with Crippen molar-refractivity contribution in [2.24, 2.45) is 11.3 Å². The second-order valence-corrected chi connectivity index (χ2v) is 5.34. The third-order valence-electron chi connectivity index (χ3n) is 3.74. The van der Waals surface area contributed by atoms with Crippen LogP contribution in [0.1, 0.15) is 26.2 Å². The van der Waals surface area contributed by atoms with Crippen molar-refractivity contribution in [2.45, 2.75) is 26.2 Å². The van der Waals surface area contributed by atoms with Gasteiger partial charge in [-0.05, 0) is 32.7 Å². The Morgan fingerprint density at radius 1 is 1.44 bits per heavy atom. The minimum Gasteiger partial charge on any atom is -0.359 e. The number of Topliss-reactive ketones (excluding diaryl/α,β-unsaturated/α-hetero) is 1. The van der Waals surface area contributed by atoms with E-state index < -0.39 is 0 Å². The summed E-state index contributed by atoms with van der Waals surface area (Å²) in [7, 11) is 1.67. The molecule has 1 N–H and O–H groups in total. The first kappa shape index (κ1) is 11.6. The van der Waals surface area contributed by atoms with Crippen molar-refractivity contribution in [3.63, 3.8) is 0 Å². The molecule has 1 heterocycles. The van der Waals surface area contributed by atoms with Gasteiger partial charge in [0, 0.05) is 19.5 Å². The van der Waals surface area contributed by atoms with Crippen LogP contribution < -0.4 is 5.32 Å². The maximum Gasteiger partial charge on any atom is 0.227 e. The summed E-state index contributed by atoms with van der Waals surface area (Å²) in [5.74, 6) is 0.780. The molecule has 4 heteroatoms. The SMILES string of the molecule is CNC(=O)C1(C)CCN(CC(=O)C2CC2)C1. The van der Waals surface area contributed by atoms with E-state index in [4.69, 9.17) is 0 Å². The molecule has 1 aliphatic carbocycles.